The summed E-state index contributed by atoms with van der Waals surface area (Å²) in [5.41, 5.74) is 9.34. The molecule has 0 unspecified atom stereocenters. The minimum absolute atomic E-state index is 0.914. The van der Waals surface area contributed by atoms with Crippen molar-refractivity contribution in [1.82, 2.24) is 0 Å². The van der Waals surface area contributed by atoms with Crippen molar-refractivity contribution in [3.63, 3.8) is 0 Å². The molecule has 0 saturated heterocycles. The first-order valence-electron chi connectivity index (χ1n) is 20.4. The summed E-state index contributed by atoms with van der Waals surface area (Å²) in [4.78, 5) is 0. The molecule has 1 heteroatoms. The molecule has 0 saturated carbocycles. The van der Waals surface area contributed by atoms with Crippen molar-refractivity contribution >= 4 is 97.3 Å². The van der Waals surface area contributed by atoms with Crippen LogP contribution >= 0.6 is 0 Å². The third-order valence-corrected chi connectivity index (χ3v) is 12.8. The lowest BCUT2D eigenvalue weighted by Crippen LogP contribution is -1.93. The van der Waals surface area contributed by atoms with Crippen LogP contribution in [0, 0.1) is 0 Å². The molecule has 0 atom stereocenters. The van der Waals surface area contributed by atoms with Crippen LogP contribution in [0.1, 0.15) is 0 Å². The highest BCUT2D eigenvalue weighted by Gasteiger charge is 2.21. The van der Waals surface area contributed by atoms with E-state index in [9.17, 15) is 0 Å². The maximum Gasteiger partial charge on any atom is 0.143 e. The van der Waals surface area contributed by atoms with Gasteiger partial charge in [0.05, 0.1) is 0 Å². The molecule has 0 aliphatic carbocycles. The van der Waals surface area contributed by atoms with E-state index in [2.05, 4.69) is 206 Å². The Hall–Kier alpha value is -7.74. The van der Waals surface area contributed by atoms with Gasteiger partial charge in [0.1, 0.15) is 11.2 Å². The minimum Gasteiger partial charge on any atom is -0.455 e. The maximum atomic E-state index is 6.79. The highest BCUT2D eigenvalue weighted by molar-refractivity contribution is 6.31. The molecular formula is C58H34O. The molecule has 0 bridgehead atoms. The third kappa shape index (κ3) is 4.67. The molecule has 0 radical (unpaired) electrons. The lowest BCUT2D eigenvalue weighted by Gasteiger charge is -2.20. The summed E-state index contributed by atoms with van der Waals surface area (Å²) in [7, 11) is 0. The first-order valence-corrected chi connectivity index (χ1v) is 20.4. The Bertz CT molecular complexity index is 3840. The Morgan fingerprint density at radius 3 is 1.42 bits per heavy atom. The van der Waals surface area contributed by atoms with Gasteiger partial charge in [-0.25, -0.2) is 0 Å². The quantitative estimate of drug-likeness (QED) is 0.130. The third-order valence-electron chi connectivity index (χ3n) is 12.8. The standard InChI is InChI=1S/C58H34O/c1-2-16-39-35(14-1)15-13-27-45(39)55-47-22-8-10-24-49(47)56(50-25-11-9-23-48(50)55)51-31-30-40(41-17-3-4-18-42(41)51)37-29-28-36-33-53-54(34-38(36)32-37)59-58-52-26-12-6-20-44(52)43-19-5-7-21-46(43)57(53)58/h1-34H. The van der Waals surface area contributed by atoms with E-state index in [4.69, 9.17) is 4.42 Å². The van der Waals surface area contributed by atoms with Crippen molar-refractivity contribution in [2.45, 2.75) is 0 Å². The number of fused-ring (bicyclic) bond motifs is 13. The van der Waals surface area contributed by atoms with Gasteiger partial charge in [-0.1, -0.05) is 188 Å². The second kappa shape index (κ2) is 12.4. The molecule has 0 N–H and O–H groups in total. The van der Waals surface area contributed by atoms with Gasteiger partial charge < -0.3 is 4.42 Å². The fourth-order valence-corrected chi connectivity index (χ4v) is 10.2. The van der Waals surface area contributed by atoms with Gasteiger partial charge in [0.15, 0.2) is 0 Å². The summed E-state index contributed by atoms with van der Waals surface area (Å²) in [6, 6.07) is 75.8. The SMILES string of the molecule is c1ccc2c(-c3c4ccccc4c(-c4ccc(-c5ccc6cc7c(cc6c5)oc5c6ccccc6c6ccccc6c75)c5ccccc45)c4ccccc34)cccc2c1. The molecule has 272 valence electrons. The molecule has 59 heavy (non-hydrogen) atoms. The van der Waals surface area contributed by atoms with Gasteiger partial charge in [0.25, 0.3) is 0 Å². The molecule has 0 amide bonds. The highest BCUT2D eigenvalue weighted by Crippen LogP contribution is 2.48. The van der Waals surface area contributed by atoms with E-state index < -0.39 is 0 Å². The Balaban J connectivity index is 1.02. The van der Waals surface area contributed by atoms with E-state index >= 15 is 0 Å². The molecule has 1 aromatic heterocycles. The van der Waals surface area contributed by atoms with Crippen LogP contribution in [0.15, 0.2) is 211 Å². The van der Waals surface area contributed by atoms with Crippen LogP contribution in [-0.4, -0.2) is 0 Å². The summed E-state index contributed by atoms with van der Waals surface area (Å²) in [5, 5.41) is 19.6. The molecule has 0 aliphatic heterocycles. The highest BCUT2D eigenvalue weighted by atomic mass is 16.3. The zero-order valence-electron chi connectivity index (χ0n) is 32.0. The van der Waals surface area contributed by atoms with Gasteiger partial charge in [-0.15, -0.1) is 0 Å². The smallest absolute Gasteiger partial charge is 0.143 e. The van der Waals surface area contributed by atoms with Gasteiger partial charge in [-0.2, -0.15) is 0 Å². The number of hydrogen-bond donors (Lipinski definition) is 0. The van der Waals surface area contributed by atoms with Gasteiger partial charge in [0.2, 0.25) is 0 Å². The summed E-state index contributed by atoms with van der Waals surface area (Å²) in [6.07, 6.45) is 0. The van der Waals surface area contributed by atoms with Crippen LogP contribution in [0.2, 0.25) is 0 Å². The average Bonchev–Trinajstić information content (AvgIpc) is 3.68. The zero-order valence-corrected chi connectivity index (χ0v) is 32.0. The Labute approximate surface area is 340 Å². The van der Waals surface area contributed by atoms with E-state index in [1.165, 1.54) is 103 Å². The van der Waals surface area contributed by atoms with Crippen molar-refractivity contribution in [3.8, 4) is 33.4 Å². The first kappa shape index (κ1) is 32.4. The van der Waals surface area contributed by atoms with E-state index in [0.717, 1.165) is 27.3 Å². The molecule has 0 spiro atoms. The molecule has 13 rings (SSSR count). The van der Waals surface area contributed by atoms with Crippen LogP contribution in [0.5, 0.6) is 0 Å². The van der Waals surface area contributed by atoms with Crippen LogP contribution in [0.25, 0.3) is 131 Å². The Morgan fingerprint density at radius 2 is 0.746 bits per heavy atom. The van der Waals surface area contributed by atoms with Crippen LogP contribution in [0.3, 0.4) is 0 Å². The number of benzene rings is 12. The van der Waals surface area contributed by atoms with Crippen molar-refractivity contribution in [1.29, 1.82) is 0 Å². The lowest BCUT2D eigenvalue weighted by atomic mass is 9.83. The van der Waals surface area contributed by atoms with Gasteiger partial charge in [-0.05, 0) is 122 Å². The van der Waals surface area contributed by atoms with Gasteiger partial charge in [0, 0.05) is 16.2 Å². The van der Waals surface area contributed by atoms with E-state index in [0.29, 0.717) is 0 Å². The van der Waals surface area contributed by atoms with Crippen LogP contribution < -0.4 is 0 Å². The predicted molar refractivity (Wildman–Crippen MR) is 253 cm³/mol. The van der Waals surface area contributed by atoms with E-state index in [-0.39, 0.29) is 0 Å². The second-order valence-electron chi connectivity index (χ2n) is 15.9. The van der Waals surface area contributed by atoms with Crippen LogP contribution in [-0.2, 0) is 0 Å². The number of hydrogen-bond acceptors (Lipinski definition) is 1. The molecule has 1 nitrogen and oxygen atoms in total. The number of furan rings is 1. The summed E-state index contributed by atoms with van der Waals surface area (Å²) in [5.74, 6) is 0. The fourth-order valence-electron chi connectivity index (χ4n) is 10.2. The van der Waals surface area contributed by atoms with Crippen molar-refractivity contribution in [2.24, 2.45) is 0 Å². The summed E-state index contributed by atoms with van der Waals surface area (Å²) < 4.78 is 6.79. The summed E-state index contributed by atoms with van der Waals surface area (Å²) in [6.45, 7) is 0. The Morgan fingerprint density at radius 1 is 0.254 bits per heavy atom. The fraction of sp³-hybridized carbons (Fsp3) is 0. The molecule has 0 aliphatic rings. The normalized spacial score (nSPS) is 12.1. The topological polar surface area (TPSA) is 13.1 Å². The lowest BCUT2D eigenvalue weighted by molar-refractivity contribution is 0.673. The number of rotatable bonds is 3. The Kier molecular flexibility index (Phi) is 6.79. The molecule has 0 fully saturated rings. The molecule has 12 aromatic carbocycles. The second-order valence-corrected chi connectivity index (χ2v) is 15.9. The average molecular weight is 747 g/mol. The first-order chi connectivity index (χ1) is 29.3. The molecule has 13 aromatic rings. The molecule has 1 heterocycles. The summed E-state index contributed by atoms with van der Waals surface area (Å²) >= 11 is 0. The van der Waals surface area contributed by atoms with E-state index in [1.54, 1.807) is 0 Å². The molecular weight excluding hydrogens is 713 g/mol. The van der Waals surface area contributed by atoms with Crippen molar-refractivity contribution in [3.05, 3.63) is 206 Å². The largest absolute Gasteiger partial charge is 0.455 e. The van der Waals surface area contributed by atoms with Gasteiger partial charge >= 0.3 is 0 Å². The monoisotopic (exact) mass is 746 g/mol. The predicted octanol–water partition coefficient (Wildman–Crippen LogP) is 16.7. The zero-order chi connectivity index (χ0) is 38.6. The van der Waals surface area contributed by atoms with Crippen LogP contribution in [0.4, 0.5) is 0 Å². The van der Waals surface area contributed by atoms with Gasteiger partial charge in [-0.3, -0.25) is 0 Å². The maximum absolute atomic E-state index is 6.79. The minimum atomic E-state index is 0.914. The van der Waals surface area contributed by atoms with Crippen molar-refractivity contribution < 1.29 is 4.42 Å². The van der Waals surface area contributed by atoms with E-state index in [1.807, 2.05) is 0 Å². The van der Waals surface area contributed by atoms with Crippen molar-refractivity contribution in [2.75, 3.05) is 0 Å².